The van der Waals surface area contributed by atoms with E-state index in [1.54, 1.807) is 0 Å². The average molecular weight is 326 g/mol. The van der Waals surface area contributed by atoms with Gasteiger partial charge in [0.05, 0.1) is 0 Å². The zero-order chi connectivity index (χ0) is 12.9. The maximum absolute atomic E-state index is 2.23. The first-order valence-electron chi connectivity index (χ1n) is 6.40. The Balaban J connectivity index is 0.00000147. The first-order valence-corrected chi connectivity index (χ1v) is 7.74. The largest absolute Gasteiger partial charge is 2.00 e. The molecular formula is C18H15CuP+2. The first kappa shape index (κ1) is 15.0. The molecule has 0 atom stereocenters. The Kier molecular flexibility index (Phi) is 5.56. The summed E-state index contributed by atoms with van der Waals surface area (Å²) < 4.78 is 0. The molecule has 101 valence electrons. The zero-order valence-corrected chi connectivity index (χ0v) is 12.7. The van der Waals surface area contributed by atoms with Gasteiger partial charge < -0.3 is 0 Å². The van der Waals surface area contributed by atoms with Gasteiger partial charge in [-0.1, -0.05) is 91.0 Å². The molecule has 0 aliphatic rings. The molecule has 20 heavy (non-hydrogen) atoms. The van der Waals surface area contributed by atoms with Crippen LogP contribution < -0.4 is 15.9 Å². The fourth-order valence-electron chi connectivity index (χ4n) is 2.18. The molecule has 0 amide bonds. The number of hydrogen-bond acceptors (Lipinski definition) is 0. The third kappa shape index (κ3) is 3.38. The van der Waals surface area contributed by atoms with Crippen molar-refractivity contribution >= 4 is 23.8 Å². The fraction of sp³-hybridized carbons (Fsp3) is 0. The van der Waals surface area contributed by atoms with E-state index in [1.165, 1.54) is 15.9 Å². The molecule has 0 heterocycles. The number of rotatable bonds is 3. The molecule has 0 N–H and O–H groups in total. The topological polar surface area (TPSA) is 0 Å². The summed E-state index contributed by atoms with van der Waals surface area (Å²) in [7, 11) is -0.446. The van der Waals surface area contributed by atoms with Crippen LogP contribution in [0, 0.1) is 0 Å². The second-order valence-corrected chi connectivity index (χ2v) is 6.56. The summed E-state index contributed by atoms with van der Waals surface area (Å²) in [4.78, 5) is 0. The van der Waals surface area contributed by atoms with Gasteiger partial charge in [-0.3, -0.25) is 0 Å². The van der Waals surface area contributed by atoms with Crippen molar-refractivity contribution in [1.82, 2.24) is 0 Å². The molecule has 1 radical (unpaired) electrons. The van der Waals surface area contributed by atoms with Crippen LogP contribution in [0.3, 0.4) is 0 Å². The van der Waals surface area contributed by atoms with Gasteiger partial charge in [-0.15, -0.1) is 0 Å². The molecule has 3 rings (SSSR count). The summed E-state index contributed by atoms with van der Waals surface area (Å²) in [6.07, 6.45) is 0. The molecule has 0 unspecified atom stereocenters. The Labute approximate surface area is 132 Å². The van der Waals surface area contributed by atoms with Crippen molar-refractivity contribution in [3.63, 3.8) is 0 Å². The van der Waals surface area contributed by atoms with Crippen molar-refractivity contribution in [2.75, 3.05) is 0 Å². The van der Waals surface area contributed by atoms with Gasteiger partial charge in [0.15, 0.2) is 0 Å². The van der Waals surface area contributed by atoms with Crippen molar-refractivity contribution in [2.24, 2.45) is 0 Å². The van der Waals surface area contributed by atoms with Gasteiger partial charge in [-0.2, -0.15) is 0 Å². The molecule has 0 aliphatic heterocycles. The van der Waals surface area contributed by atoms with Crippen LogP contribution in [0.2, 0.25) is 0 Å². The molecule has 0 saturated carbocycles. The number of benzene rings is 3. The summed E-state index contributed by atoms with van der Waals surface area (Å²) in [5, 5.41) is 4.19. The van der Waals surface area contributed by atoms with Crippen molar-refractivity contribution < 1.29 is 17.1 Å². The van der Waals surface area contributed by atoms with Crippen molar-refractivity contribution in [3.05, 3.63) is 91.0 Å². The van der Waals surface area contributed by atoms with E-state index in [1.807, 2.05) is 0 Å². The van der Waals surface area contributed by atoms with Gasteiger partial charge in [0.25, 0.3) is 0 Å². The van der Waals surface area contributed by atoms with Gasteiger partial charge in [0.1, 0.15) is 0 Å². The maximum atomic E-state index is 2.23. The van der Waals surface area contributed by atoms with E-state index in [2.05, 4.69) is 91.0 Å². The molecule has 3 aromatic carbocycles. The Morgan fingerprint density at radius 2 is 0.650 bits per heavy atom. The van der Waals surface area contributed by atoms with Crippen LogP contribution in [0.25, 0.3) is 0 Å². The van der Waals surface area contributed by atoms with Crippen molar-refractivity contribution in [1.29, 1.82) is 0 Å². The minimum atomic E-state index is -0.446. The van der Waals surface area contributed by atoms with E-state index >= 15 is 0 Å². The Morgan fingerprint density at radius 1 is 0.400 bits per heavy atom. The predicted octanol–water partition coefficient (Wildman–Crippen LogP) is 3.44. The molecular weight excluding hydrogens is 311 g/mol. The maximum Gasteiger partial charge on any atom is 2.00 e. The summed E-state index contributed by atoms with van der Waals surface area (Å²) >= 11 is 0. The predicted molar refractivity (Wildman–Crippen MR) is 85.1 cm³/mol. The monoisotopic (exact) mass is 325 g/mol. The fourth-order valence-corrected chi connectivity index (χ4v) is 4.48. The van der Waals surface area contributed by atoms with E-state index in [0.29, 0.717) is 0 Å². The third-order valence-electron chi connectivity index (χ3n) is 3.04. The van der Waals surface area contributed by atoms with Crippen LogP contribution in [0.15, 0.2) is 91.0 Å². The SMILES string of the molecule is [Cu+2].c1ccc(P(c2ccccc2)c2ccccc2)cc1. The average Bonchev–Trinajstić information content (AvgIpc) is 2.51. The van der Waals surface area contributed by atoms with Gasteiger partial charge in [-0.25, -0.2) is 0 Å². The van der Waals surface area contributed by atoms with Crippen LogP contribution in [-0.4, -0.2) is 0 Å². The minimum absolute atomic E-state index is 0. The molecule has 0 saturated heterocycles. The Bertz CT molecular complexity index is 529. The molecule has 3 aromatic rings. The molecule has 0 fully saturated rings. The van der Waals surface area contributed by atoms with E-state index in [-0.39, 0.29) is 17.1 Å². The van der Waals surface area contributed by atoms with Crippen LogP contribution >= 0.6 is 7.92 Å². The van der Waals surface area contributed by atoms with E-state index in [9.17, 15) is 0 Å². The molecule has 2 heteroatoms. The minimum Gasteiger partial charge on any atom is -0.0622 e. The van der Waals surface area contributed by atoms with Gasteiger partial charge in [-0.05, 0) is 23.8 Å². The summed E-state index contributed by atoms with van der Waals surface area (Å²) in [5.41, 5.74) is 0. The quantitative estimate of drug-likeness (QED) is 0.511. The molecule has 0 aromatic heterocycles. The smallest absolute Gasteiger partial charge is 0.0622 e. The van der Waals surface area contributed by atoms with Crippen LogP contribution in [0.4, 0.5) is 0 Å². The second kappa shape index (κ2) is 7.41. The van der Waals surface area contributed by atoms with Gasteiger partial charge in [0, 0.05) is 0 Å². The third-order valence-corrected chi connectivity index (χ3v) is 5.49. The van der Waals surface area contributed by atoms with E-state index < -0.39 is 7.92 Å². The van der Waals surface area contributed by atoms with E-state index in [4.69, 9.17) is 0 Å². The molecule has 0 bridgehead atoms. The zero-order valence-electron chi connectivity index (χ0n) is 10.9. The summed E-state index contributed by atoms with van der Waals surface area (Å²) in [5.74, 6) is 0. The van der Waals surface area contributed by atoms with Crippen LogP contribution in [0.5, 0.6) is 0 Å². The normalized spacial score (nSPS) is 10.1. The van der Waals surface area contributed by atoms with Gasteiger partial charge >= 0.3 is 17.1 Å². The van der Waals surface area contributed by atoms with Crippen LogP contribution in [-0.2, 0) is 17.1 Å². The van der Waals surface area contributed by atoms with E-state index in [0.717, 1.165) is 0 Å². The van der Waals surface area contributed by atoms with Crippen molar-refractivity contribution in [3.8, 4) is 0 Å². The van der Waals surface area contributed by atoms with Crippen molar-refractivity contribution in [2.45, 2.75) is 0 Å². The van der Waals surface area contributed by atoms with Gasteiger partial charge in [0.2, 0.25) is 0 Å². The molecule has 0 aliphatic carbocycles. The Morgan fingerprint density at radius 3 is 0.900 bits per heavy atom. The second-order valence-electron chi connectivity index (χ2n) is 4.34. The first-order chi connectivity index (χ1) is 9.45. The molecule has 0 nitrogen and oxygen atoms in total. The summed E-state index contributed by atoms with van der Waals surface area (Å²) in [6, 6.07) is 32.3. The standard InChI is InChI=1S/C18H15P.Cu/c1-4-10-16(11-5-1)19(17-12-6-2-7-13-17)18-14-8-3-9-15-18;/h1-15H;/q;+2. The number of hydrogen-bond donors (Lipinski definition) is 0. The van der Waals surface area contributed by atoms with Crippen LogP contribution in [0.1, 0.15) is 0 Å². The summed E-state index contributed by atoms with van der Waals surface area (Å²) in [6.45, 7) is 0. The molecule has 0 spiro atoms. The Hall–Kier alpha value is -1.39.